The van der Waals surface area contributed by atoms with Crippen LogP contribution in [0, 0.1) is 0 Å². The van der Waals surface area contributed by atoms with Gasteiger partial charge in [-0.1, -0.05) is 46.3 Å². The van der Waals surface area contributed by atoms with Gasteiger partial charge in [0.2, 0.25) is 0 Å². The van der Waals surface area contributed by atoms with Gasteiger partial charge in [-0.2, -0.15) is 34.8 Å². The van der Waals surface area contributed by atoms with Gasteiger partial charge in [-0.05, 0) is 18.2 Å². The quantitative estimate of drug-likeness (QED) is 0.265. The summed E-state index contributed by atoms with van der Waals surface area (Å²) in [5.74, 6) is 0. The highest BCUT2D eigenvalue weighted by atomic mass is 79.9. The number of rotatable bonds is 1. The number of halogens is 10. The van der Waals surface area contributed by atoms with Crippen LogP contribution in [0.3, 0.4) is 0 Å². The zero-order chi connectivity index (χ0) is 24.0. The fourth-order valence-corrected chi connectivity index (χ4v) is 3.00. The summed E-state index contributed by atoms with van der Waals surface area (Å²) < 4.78 is 113. The minimum atomic E-state index is -4.76. The summed E-state index contributed by atoms with van der Waals surface area (Å²) in [6.45, 7) is 0. The fraction of sp³-hybridized carbons (Fsp3) is 0.143. The Kier molecular flexibility index (Phi) is 11.0. The van der Waals surface area contributed by atoms with Crippen molar-refractivity contribution < 1.29 is 43.2 Å². The third-order valence-electron chi connectivity index (χ3n) is 2.61. The first-order valence-corrected chi connectivity index (χ1v) is 13.0. The predicted molar refractivity (Wildman–Crippen MR) is 104 cm³/mol. The lowest BCUT2D eigenvalue weighted by Crippen LogP contribution is -2.10. The van der Waals surface area contributed by atoms with E-state index < -0.39 is 45.7 Å². The molecule has 2 aromatic rings. The van der Waals surface area contributed by atoms with Crippen LogP contribution < -0.4 is 0 Å². The molecule has 0 saturated heterocycles. The molecule has 0 aliphatic heterocycles. The maximum absolute atomic E-state index is 12.4. The summed E-state index contributed by atoms with van der Waals surface area (Å²) in [5.41, 5.74) is -1.89. The topological polar surface area (TPSA) is 68.3 Å². The molecule has 2 aromatic carbocycles. The second kappa shape index (κ2) is 11.2. The normalized spacial score (nSPS) is 12.2. The molecule has 0 radical (unpaired) electrons. The number of hydrogen-bond acceptors (Lipinski definition) is 4. The van der Waals surface area contributed by atoms with Gasteiger partial charge < -0.3 is 0 Å². The van der Waals surface area contributed by atoms with E-state index in [1.807, 2.05) is 0 Å². The van der Waals surface area contributed by atoms with Gasteiger partial charge in [0.15, 0.2) is 0 Å². The Labute approximate surface area is 189 Å². The van der Waals surface area contributed by atoms with Crippen LogP contribution in [0.15, 0.2) is 57.9 Å². The number of hydrogen-bond donors (Lipinski definition) is 0. The van der Waals surface area contributed by atoms with Gasteiger partial charge in [0.25, 0.3) is 9.05 Å². The van der Waals surface area contributed by atoms with E-state index >= 15 is 0 Å². The van der Waals surface area contributed by atoms with Gasteiger partial charge in [-0.25, -0.2) is 8.42 Å². The minimum Gasteiger partial charge on any atom is -0.207 e. The molecule has 0 fully saturated rings. The average molecular weight is 605 g/mol. The lowest BCUT2D eigenvalue weighted by atomic mass is 10.2. The van der Waals surface area contributed by atoms with Crippen LogP contribution >= 0.6 is 48.0 Å². The van der Waals surface area contributed by atoms with Crippen LogP contribution in [0.2, 0.25) is 0 Å². The molecule has 0 aliphatic carbocycles. The summed E-state index contributed by atoms with van der Waals surface area (Å²) in [6.07, 6.45) is -8.97. The molecule has 0 amide bonds. The van der Waals surface area contributed by atoms with Crippen molar-refractivity contribution in [3.05, 3.63) is 64.1 Å². The molecule has 0 spiro atoms. The van der Waals surface area contributed by atoms with Crippen molar-refractivity contribution in [3.63, 3.8) is 0 Å². The molecule has 0 unspecified atom stereocenters. The SMILES string of the molecule is FC(F)(F)c1ccccc1.O=S(=O)(Cl)Cl.O=S(=O)(Cl)c1ccc(Br)cc1C(F)(F)F. The zero-order valence-electron chi connectivity index (χ0n) is 13.8. The van der Waals surface area contributed by atoms with Gasteiger partial charge in [-0.15, -0.1) is 0 Å². The maximum Gasteiger partial charge on any atom is 0.417 e. The van der Waals surface area contributed by atoms with Gasteiger partial charge in [0, 0.05) is 36.5 Å². The lowest BCUT2D eigenvalue weighted by Gasteiger charge is -2.10. The molecule has 16 heteroatoms. The molecule has 0 saturated carbocycles. The molecule has 0 aromatic heterocycles. The minimum absolute atomic E-state index is 0.124. The first-order valence-electron chi connectivity index (χ1n) is 6.81. The summed E-state index contributed by atoms with van der Waals surface area (Å²) in [6, 6.07) is 9.00. The van der Waals surface area contributed by atoms with E-state index in [1.165, 1.54) is 18.2 Å². The first kappa shape index (κ1) is 29.3. The molecule has 30 heavy (non-hydrogen) atoms. The largest absolute Gasteiger partial charge is 0.417 e. The summed E-state index contributed by atoms with van der Waals surface area (Å²) in [4.78, 5) is -0.945. The second-order valence-corrected chi connectivity index (χ2v) is 11.9. The molecule has 4 nitrogen and oxygen atoms in total. The van der Waals surface area contributed by atoms with E-state index in [0.717, 1.165) is 18.2 Å². The van der Waals surface area contributed by atoms with Crippen molar-refractivity contribution in [2.45, 2.75) is 17.2 Å². The molecule has 2 rings (SSSR count). The Hall–Kier alpha value is -0.730. The lowest BCUT2D eigenvalue weighted by molar-refractivity contribution is -0.140. The molecule has 0 bridgehead atoms. The van der Waals surface area contributed by atoms with Crippen molar-refractivity contribution in [1.82, 2.24) is 0 Å². The Morgan fingerprint density at radius 3 is 1.47 bits per heavy atom. The Balaban J connectivity index is 0.000000481. The van der Waals surface area contributed by atoms with E-state index in [9.17, 15) is 34.8 Å². The van der Waals surface area contributed by atoms with E-state index in [0.29, 0.717) is 6.07 Å². The standard InChI is InChI=1S/C7H3BrClF3O2S.C7H5F3.Cl2O2S/c8-4-1-2-6(15(9,13)14)5(3-4)7(10,11)12;8-7(9,10)6-4-2-1-3-5-6;1-5(2,3)4/h1-3H;1-5H;. The average Bonchev–Trinajstić information content (AvgIpc) is 2.52. The van der Waals surface area contributed by atoms with Crippen molar-refractivity contribution in [2.24, 2.45) is 0 Å². The van der Waals surface area contributed by atoms with Gasteiger partial charge >= 0.3 is 20.6 Å². The summed E-state index contributed by atoms with van der Waals surface area (Å²) in [7, 11) is 5.29. The highest BCUT2D eigenvalue weighted by Crippen LogP contribution is 2.37. The zero-order valence-corrected chi connectivity index (χ0v) is 19.3. The van der Waals surface area contributed by atoms with E-state index in [4.69, 9.17) is 19.1 Å². The van der Waals surface area contributed by atoms with Crippen LogP contribution in [-0.2, 0) is 29.7 Å². The maximum atomic E-state index is 12.4. The number of benzene rings is 2. The molecule has 0 N–H and O–H groups in total. The number of alkyl halides is 6. The van der Waals surface area contributed by atoms with Crippen molar-refractivity contribution in [2.75, 3.05) is 0 Å². The van der Waals surface area contributed by atoms with Crippen LogP contribution in [0.1, 0.15) is 11.1 Å². The highest BCUT2D eigenvalue weighted by Gasteiger charge is 2.36. The van der Waals surface area contributed by atoms with Gasteiger partial charge in [-0.3, -0.25) is 0 Å². The highest BCUT2D eigenvalue weighted by molar-refractivity contribution is 9.10. The second-order valence-electron chi connectivity index (χ2n) is 4.82. The van der Waals surface area contributed by atoms with Crippen molar-refractivity contribution in [3.8, 4) is 0 Å². The predicted octanol–water partition coefficient (Wildman–Crippen LogP) is 6.81. The Morgan fingerprint density at radius 1 is 0.733 bits per heavy atom. The summed E-state index contributed by atoms with van der Waals surface area (Å²) >= 11 is 2.82. The monoisotopic (exact) mass is 602 g/mol. The van der Waals surface area contributed by atoms with Crippen LogP contribution in [0.5, 0.6) is 0 Å². The molecule has 0 heterocycles. The summed E-state index contributed by atoms with van der Waals surface area (Å²) in [5, 5.41) is 0. The van der Waals surface area contributed by atoms with Crippen molar-refractivity contribution >= 4 is 65.3 Å². The van der Waals surface area contributed by atoms with Gasteiger partial charge in [0.05, 0.1) is 16.0 Å². The third-order valence-corrected chi connectivity index (χ3v) is 4.48. The molecular formula is C14H8BrCl3F6O4S2. The van der Waals surface area contributed by atoms with E-state index in [2.05, 4.69) is 37.3 Å². The third kappa shape index (κ3) is 12.8. The molecule has 170 valence electrons. The van der Waals surface area contributed by atoms with Crippen molar-refractivity contribution in [1.29, 1.82) is 0 Å². The van der Waals surface area contributed by atoms with Gasteiger partial charge in [0.1, 0.15) is 0 Å². The Bertz CT molecular complexity index is 1040. The van der Waals surface area contributed by atoms with Crippen LogP contribution in [-0.4, -0.2) is 16.8 Å². The molecule has 0 atom stereocenters. The first-order chi connectivity index (χ1) is 13.2. The van der Waals surface area contributed by atoms with E-state index in [1.54, 1.807) is 6.07 Å². The van der Waals surface area contributed by atoms with E-state index in [-0.39, 0.29) is 4.47 Å². The van der Waals surface area contributed by atoms with Crippen LogP contribution in [0.25, 0.3) is 0 Å². The Morgan fingerprint density at radius 2 is 1.17 bits per heavy atom. The smallest absolute Gasteiger partial charge is 0.207 e. The fourth-order valence-electron chi connectivity index (χ4n) is 1.56. The molecule has 0 aliphatic rings. The molecular weight excluding hydrogens is 597 g/mol. The van der Waals surface area contributed by atoms with Crippen LogP contribution in [0.4, 0.5) is 26.3 Å².